The summed E-state index contributed by atoms with van der Waals surface area (Å²) in [5, 5.41) is 25.0. The minimum absolute atomic E-state index is 0. The molecule has 63 heavy (non-hydrogen) atoms. The molecule has 6 rings (SSSR count). The number of fused-ring (bicyclic) bond motifs is 1. The smallest absolute Gasteiger partial charge is 0.335 e. The summed E-state index contributed by atoms with van der Waals surface area (Å²) in [6.07, 6.45) is 7.09. The molecule has 1 aromatic heterocycles. The Hall–Kier alpha value is -5.41. The van der Waals surface area contributed by atoms with Crippen LogP contribution in [-0.2, 0) is 41.8 Å². The number of piperazine rings is 1. The minimum Gasteiger partial charge on any atom is -0.480 e. The molecule has 2 heterocycles. The van der Waals surface area contributed by atoms with Gasteiger partial charge in [0.2, 0.25) is 5.91 Å². The Morgan fingerprint density at radius 1 is 0.730 bits per heavy atom. The topological polar surface area (TPSA) is 163 Å². The van der Waals surface area contributed by atoms with Crippen molar-refractivity contribution in [1.29, 1.82) is 0 Å². The number of aliphatic carboxylic acids is 1. The van der Waals surface area contributed by atoms with Crippen molar-refractivity contribution in [2.24, 2.45) is 0 Å². The molecular weight excluding hydrogens is 817 g/mol. The number of carbonyl (C=O) groups excluding carboxylic acids is 3. The van der Waals surface area contributed by atoms with Crippen molar-refractivity contribution in [2.45, 2.75) is 85.2 Å². The van der Waals surface area contributed by atoms with E-state index in [1.54, 1.807) is 23.1 Å². The third kappa shape index (κ3) is 13.5. The fourth-order valence-corrected chi connectivity index (χ4v) is 9.66. The first-order valence-corrected chi connectivity index (χ1v) is 22.6. The van der Waals surface area contributed by atoms with E-state index in [-0.39, 0.29) is 43.3 Å². The van der Waals surface area contributed by atoms with Gasteiger partial charge in [-0.25, -0.2) is 4.79 Å². The van der Waals surface area contributed by atoms with Gasteiger partial charge in [-0.15, -0.1) is 11.3 Å². The van der Waals surface area contributed by atoms with Crippen LogP contribution in [-0.4, -0.2) is 125 Å². The number of nitrogens with one attached hydrogen (secondary N) is 2. The highest BCUT2D eigenvalue weighted by Gasteiger charge is 2.28. The van der Waals surface area contributed by atoms with Crippen LogP contribution in [0.1, 0.15) is 105 Å². The lowest BCUT2D eigenvalue weighted by atomic mass is 9.95. The van der Waals surface area contributed by atoms with Gasteiger partial charge in [-0.2, -0.15) is 0 Å². The monoisotopic (exact) mass is 880 g/mol. The van der Waals surface area contributed by atoms with Crippen LogP contribution < -0.4 is 10.6 Å². The van der Waals surface area contributed by atoms with Gasteiger partial charge in [0, 0.05) is 75.0 Å². The molecule has 4 N–H and O–H groups in total. The predicted molar refractivity (Wildman–Crippen MR) is 250 cm³/mol. The van der Waals surface area contributed by atoms with Crippen LogP contribution in [0.25, 0.3) is 0 Å². The average Bonchev–Trinajstić information content (AvgIpc) is 3.64. The second-order valence-electron chi connectivity index (χ2n) is 16.4. The van der Waals surface area contributed by atoms with E-state index in [4.69, 9.17) is 10.2 Å². The highest BCUT2D eigenvalue weighted by atomic mass is 32.1. The summed E-state index contributed by atoms with van der Waals surface area (Å²) >= 11 is 1.49. The SMILES string of the molecule is C.CCC(CC)N(CCN(C)C(=O)CN1CCN(CC(=O)O)CC1)Cc1cccc(C(=O)Nc2sc3c(c2C(=O)Nc2ccc(CCc4ccc(C(=O)O)cc4)cc2)CCCC3)c1. The lowest BCUT2D eigenvalue weighted by Gasteiger charge is -2.35. The molecule has 0 bridgehead atoms. The molecule has 0 saturated carbocycles. The van der Waals surface area contributed by atoms with Crippen molar-refractivity contribution in [1.82, 2.24) is 19.6 Å². The van der Waals surface area contributed by atoms with Crippen molar-refractivity contribution >= 4 is 51.7 Å². The fourth-order valence-electron chi connectivity index (χ4n) is 8.37. The van der Waals surface area contributed by atoms with Gasteiger partial charge in [0.1, 0.15) is 5.00 Å². The van der Waals surface area contributed by atoms with Gasteiger partial charge in [0.25, 0.3) is 11.8 Å². The van der Waals surface area contributed by atoms with Crippen molar-refractivity contribution in [3.8, 4) is 0 Å². The van der Waals surface area contributed by atoms with Crippen molar-refractivity contribution in [3.05, 3.63) is 117 Å². The summed E-state index contributed by atoms with van der Waals surface area (Å²) in [4.78, 5) is 72.7. The Morgan fingerprint density at radius 3 is 1.97 bits per heavy atom. The van der Waals surface area contributed by atoms with E-state index in [2.05, 4.69) is 34.3 Å². The van der Waals surface area contributed by atoms with Crippen LogP contribution in [0.2, 0.25) is 0 Å². The summed E-state index contributed by atoms with van der Waals surface area (Å²) in [6.45, 7) is 9.08. The van der Waals surface area contributed by atoms with E-state index in [1.165, 1.54) is 11.3 Å². The molecule has 13 nitrogen and oxygen atoms in total. The standard InChI is InChI=1S/C48H60N6O7S.CH4/c1-4-39(5-2)54(28-23-51(3)42(55)31-52-24-26-53(27-25-52)32-43(56)57)30-35-9-8-10-37(29-35)45(58)50-47-44(40-11-6-7-12-41(40)62-47)46(59)49-38-21-17-34(18-22-38)14-13-33-15-19-36(20-16-33)48(60)61;/h8-10,15-22,29,39H,4-7,11-14,23-28,30-32H2,1-3H3,(H,49,59)(H,50,58)(H,56,57)(H,60,61);1H4. The number of carbonyl (C=O) groups is 5. The molecule has 3 amide bonds. The van der Waals surface area contributed by atoms with Gasteiger partial charge in [-0.3, -0.25) is 33.9 Å². The van der Waals surface area contributed by atoms with E-state index in [0.717, 1.165) is 78.5 Å². The number of amides is 3. The molecule has 1 aliphatic heterocycles. The number of carboxylic acids is 2. The number of thiophene rings is 1. The Kier molecular flexibility index (Phi) is 18.0. The minimum atomic E-state index is -0.943. The molecule has 1 saturated heterocycles. The molecule has 338 valence electrons. The summed E-state index contributed by atoms with van der Waals surface area (Å²) in [7, 11) is 1.84. The number of benzene rings is 3. The van der Waals surface area contributed by atoms with E-state index in [0.29, 0.717) is 74.2 Å². The zero-order valence-corrected chi connectivity index (χ0v) is 37.0. The van der Waals surface area contributed by atoms with Crippen LogP contribution in [0.4, 0.5) is 10.7 Å². The first-order valence-electron chi connectivity index (χ1n) is 21.8. The second-order valence-corrected chi connectivity index (χ2v) is 17.5. The number of aromatic carboxylic acids is 1. The van der Waals surface area contributed by atoms with Crippen LogP contribution in [0, 0.1) is 0 Å². The predicted octanol–water partition coefficient (Wildman–Crippen LogP) is 7.40. The average molecular weight is 881 g/mol. The number of nitrogens with zero attached hydrogens (tertiary/aromatic N) is 4. The van der Waals surface area contributed by atoms with Gasteiger partial charge in [-0.05, 0) is 110 Å². The van der Waals surface area contributed by atoms with Gasteiger partial charge < -0.3 is 25.7 Å². The number of rotatable bonds is 20. The van der Waals surface area contributed by atoms with Gasteiger partial charge in [0.05, 0.1) is 24.2 Å². The molecule has 14 heteroatoms. The molecule has 1 aliphatic carbocycles. The van der Waals surface area contributed by atoms with Crippen molar-refractivity contribution < 1.29 is 34.2 Å². The van der Waals surface area contributed by atoms with Crippen LogP contribution in [0.3, 0.4) is 0 Å². The summed E-state index contributed by atoms with van der Waals surface area (Å²) in [6, 6.07) is 22.6. The molecule has 1 fully saturated rings. The summed E-state index contributed by atoms with van der Waals surface area (Å²) in [5.74, 6) is -2.26. The number of hydrogen-bond donors (Lipinski definition) is 4. The maximum atomic E-state index is 14.0. The Morgan fingerprint density at radius 2 is 1.35 bits per heavy atom. The molecule has 0 atom stereocenters. The summed E-state index contributed by atoms with van der Waals surface area (Å²) < 4.78 is 0. The molecule has 3 aromatic carbocycles. The molecule has 0 radical (unpaired) electrons. The number of hydrogen-bond acceptors (Lipinski definition) is 9. The molecule has 0 spiro atoms. The van der Waals surface area contributed by atoms with Gasteiger partial charge >= 0.3 is 11.9 Å². The number of carboxylic acid groups (broad SMARTS) is 2. The third-order valence-electron chi connectivity index (χ3n) is 12.1. The Labute approximate surface area is 376 Å². The molecular formula is C49H64N6O7S. The quantitative estimate of drug-likeness (QED) is 0.0704. The molecule has 0 unspecified atom stereocenters. The first-order chi connectivity index (χ1) is 29.9. The Balaban J connectivity index is 0.00000748. The fraction of sp³-hybridized carbons (Fsp3) is 0.449. The number of likely N-dealkylation sites (N-methyl/N-ethyl adjacent to an activating group) is 1. The van der Waals surface area contributed by atoms with E-state index in [9.17, 15) is 24.0 Å². The normalized spacial score (nSPS) is 14.2. The third-order valence-corrected chi connectivity index (χ3v) is 13.3. The Bertz CT molecular complexity index is 2180. The lowest BCUT2D eigenvalue weighted by molar-refractivity contribution is -0.139. The zero-order chi connectivity index (χ0) is 44.2. The van der Waals surface area contributed by atoms with E-state index in [1.807, 2.05) is 66.5 Å². The highest BCUT2D eigenvalue weighted by Crippen LogP contribution is 2.39. The van der Waals surface area contributed by atoms with Crippen molar-refractivity contribution in [2.75, 3.05) is 70.0 Å². The summed E-state index contributed by atoms with van der Waals surface area (Å²) in [5.41, 5.74) is 6.11. The van der Waals surface area contributed by atoms with E-state index < -0.39 is 11.9 Å². The number of aryl methyl sites for hydroxylation is 3. The van der Waals surface area contributed by atoms with Crippen LogP contribution in [0.5, 0.6) is 0 Å². The zero-order valence-electron chi connectivity index (χ0n) is 36.2. The first kappa shape index (κ1) is 48.6. The maximum Gasteiger partial charge on any atom is 0.335 e. The number of anilines is 2. The molecule has 2 aliphatic rings. The lowest BCUT2D eigenvalue weighted by Crippen LogP contribution is -2.51. The van der Waals surface area contributed by atoms with Crippen molar-refractivity contribution in [3.63, 3.8) is 0 Å². The van der Waals surface area contributed by atoms with Gasteiger partial charge in [-0.1, -0.05) is 57.7 Å². The highest BCUT2D eigenvalue weighted by molar-refractivity contribution is 7.17. The van der Waals surface area contributed by atoms with Gasteiger partial charge in [0.15, 0.2) is 0 Å². The van der Waals surface area contributed by atoms with E-state index >= 15 is 0 Å². The van der Waals surface area contributed by atoms with Crippen LogP contribution in [0.15, 0.2) is 72.8 Å². The maximum absolute atomic E-state index is 14.0. The largest absolute Gasteiger partial charge is 0.480 e. The molecule has 4 aromatic rings. The van der Waals surface area contributed by atoms with Crippen LogP contribution >= 0.6 is 11.3 Å². The second kappa shape index (κ2) is 23.3.